The van der Waals surface area contributed by atoms with Crippen molar-refractivity contribution in [1.82, 2.24) is 19.1 Å². The highest BCUT2D eigenvalue weighted by atomic mass is 19.1. The second-order valence-electron chi connectivity index (χ2n) is 5.95. The van der Waals surface area contributed by atoms with E-state index in [0.717, 1.165) is 13.1 Å². The summed E-state index contributed by atoms with van der Waals surface area (Å²) in [6.07, 6.45) is 2.86. The molecule has 8 heteroatoms. The fourth-order valence-electron chi connectivity index (χ4n) is 2.80. The summed E-state index contributed by atoms with van der Waals surface area (Å²) in [5.74, 6) is -1.08. The van der Waals surface area contributed by atoms with Crippen LogP contribution in [0.15, 0.2) is 47.5 Å². The van der Waals surface area contributed by atoms with Crippen molar-refractivity contribution in [3.63, 3.8) is 0 Å². The number of rotatable bonds is 7. The molecule has 0 N–H and O–H groups in total. The minimum absolute atomic E-state index is 0.144. The van der Waals surface area contributed by atoms with Gasteiger partial charge >= 0.3 is 5.97 Å². The fourth-order valence-corrected chi connectivity index (χ4v) is 2.80. The van der Waals surface area contributed by atoms with Crippen molar-refractivity contribution in [1.29, 1.82) is 0 Å². The van der Waals surface area contributed by atoms with Gasteiger partial charge in [0.1, 0.15) is 18.0 Å². The number of halogens is 1. The minimum Gasteiger partial charge on any atom is -0.461 e. The zero-order valence-electron chi connectivity index (χ0n) is 15.3. The van der Waals surface area contributed by atoms with Crippen LogP contribution in [0.4, 0.5) is 4.39 Å². The minimum atomic E-state index is -0.707. The molecule has 0 saturated heterocycles. The van der Waals surface area contributed by atoms with Gasteiger partial charge in [0, 0.05) is 25.0 Å². The van der Waals surface area contributed by atoms with Gasteiger partial charge in [-0.05, 0) is 37.4 Å². The van der Waals surface area contributed by atoms with Crippen LogP contribution in [0.2, 0.25) is 0 Å². The number of carbonyl (C=O) groups is 1. The monoisotopic (exact) mass is 372 g/mol. The molecular formula is C19H21FN4O3. The first-order valence-corrected chi connectivity index (χ1v) is 8.80. The SMILES string of the molecule is CCN(CC)CCOC(=O)c1cnc2ccn(-c3ccc(F)cc3)n2c1=O. The Morgan fingerprint density at radius 1 is 1.19 bits per heavy atom. The van der Waals surface area contributed by atoms with Gasteiger partial charge in [0.05, 0.1) is 5.69 Å². The number of carbonyl (C=O) groups excluding carboxylic acids is 1. The number of aromatic nitrogens is 3. The Labute approximate surface area is 155 Å². The topological polar surface area (TPSA) is 68.8 Å². The summed E-state index contributed by atoms with van der Waals surface area (Å²) in [6.45, 7) is 6.56. The van der Waals surface area contributed by atoms with Crippen LogP contribution in [-0.2, 0) is 4.74 Å². The van der Waals surface area contributed by atoms with Gasteiger partial charge in [0.25, 0.3) is 5.56 Å². The van der Waals surface area contributed by atoms with E-state index in [9.17, 15) is 14.0 Å². The molecule has 142 valence electrons. The molecule has 3 aromatic rings. The zero-order chi connectivity index (χ0) is 19.4. The second-order valence-corrected chi connectivity index (χ2v) is 5.95. The Morgan fingerprint density at radius 3 is 2.56 bits per heavy atom. The third-order valence-electron chi connectivity index (χ3n) is 4.39. The van der Waals surface area contributed by atoms with Gasteiger partial charge in [0.15, 0.2) is 5.65 Å². The molecule has 0 aliphatic rings. The number of hydrogen-bond donors (Lipinski definition) is 0. The first-order chi connectivity index (χ1) is 13.0. The number of hydrogen-bond acceptors (Lipinski definition) is 5. The molecule has 0 atom stereocenters. The number of likely N-dealkylation sites (N-methyl/N-ethyl adjacent to an activating group) is 1. The van der Waals surface area contributed by atoms with Crippen molar-refractivity contribution < 1.29 is 13.9 Å². The summed E-state index contributed by atoms with van der Waals surface area (Å²) in [7, 11) is 0. The summed E-state index contributed by atoms with van der Waals surface area (Å²) < 4.78 is 21.2. The van der Waals surface area contributed by atoms with Gasteiger partial charge in [-0.2, -0.15) is 4.52 Å². The molecule has 0 saturated carbocycles. The summed E-state index contributed by atoms with van der Waals surface area (Å²) in [4.78, 5) is 31.4. The molecule has 0 spiro atoms. The maximum absolute atomic E-state index is 13.2. The molecule has 0 aliphatic heterocycles. The Bertz CT molecular complexity index is 990. The Kier molecular flexibility index (Phi) is 5.66. The summed E-state index contributed by atoms with van der Waals surface area (Å²) in [6, 6.07) is 7.31. The predicted molar refractivity (Wildman–Crippen MR) is 98.8 cm³/mol. The molecule has 7 nitrogen and oxygen atoms in total. The lowest BCUT2D eigenvalue weighted by atomic mass is 10.3. The lowest BCUT2D eigenvalue weighted by Gasteiger charge is -2.17. The van der Waals surface area contributed by atoms with Crippen molar-refractivity contribution in [3.8, 4) is 5.69 Å². The maximum atomic E-state index is 13.2. The predicted octanol–water partition coefficient (Wildman–Crippen LogP) is 2.12. The van der Waals surface area contributed by atoms with E-state index in [2.05, 4.69) is 9.88 Å². The van der Waals surface area contributed by atoms with Gasteiger partial charge < -0.3 is 9.64 Å². The quantitative estimate of drug-likeness (QED) is 0.594. The first kappa shape index (κ1) is 18.8. The number of fused-ring (bicyclic) bond motifs is 1. The zero-order valence-corrected chi connectivity index (χ0v) is 15.3. The highest BCUT2D eigenvalue weighted by Gasteiger charge is 2.17. The average Bonchev–Trinajstić information content (AvgIpc) is 3.11. The van der Waals surface area contributed by atoms with Gasteiger partial charge in [-0.1, -0.05) is 13.8 Å². The molecule has 0 aliphatic carbocycles. The maximum Gasteiger partial charge on any atom is 0.345 e. The second kappa shape index (κ2) is 8.13. The molecule has 2 aromatic heterocycles. The van der Waals surface area contributed by atoms with E-state index in [4.69, 9.17) is 4.74 Å². The van der Waals surface area contributed by atoms with Crippen molar-refractivity contribution in [2.24, 2.45) is 0 Å². The van der Waals surface area contributed by atoms with Crippen LogP contribution < -0.4 is 5.56 Å². The van der Waals surface area contributed by atoms with E-state index in [-0.39, 0.29) is 18.0 Å². The van der Waals surface area contributed by atoms with E-state index >= 15 is 0 Å². The summed E-state index contributed by atoms with van der Waals surface area (Å²) in [5.41, 5.74) is 0.266. The summed E-state index contributed by atoms with van der Waals surface area (Å²) in [5, 5.41) is 0. The van der Waals surface area contributed by atoms with Crippen LogP contribution >= 0.6 is 0 Å². The van der Waals surface area contributed by atoms with Crippen LogP contribution in [0.3, 0.4) is 0 Å². The largest absolute Gasteiger partial charge is 0.461 e. The Balaban J connectivity index is 1.88. The van der Waals surface area contributed by atoms with E-state index < -0.39 is 11.5 Å². The number of esters is 1. The van der Waals surface area contributed by atoms with E-state index in [1.54, 1.807) is 12.3 Å². The van der Waals surface area contributed by atoms with Crippen LogP contribution in [0.25, 0.3) is 11.3 Å². The molecular weight excluding hydrogens is 351 g/mol. The van der Waals surface area contributed by atoms with Gasteiger partial charge in [-0.15, -0.1) is 0 Å². The van der Waals surface area contributed by atoms with E-state index in [0.29, 0.717) is 17.9 Å². The standard InChI is InChI=1S/C19H21FN4O3/c1-3-22(4-2)11-12-27-19(26)16-13-21-17-9-10-23(24(17)18(16)25)15-7-5-14(20)6-8-15/h5-10,13H,3-4,11-12H2,1-2H3. The van der Waals surface area contributed by atoms with E-state index in [1.165, 1.54) is 39.7 Å². The van der Waals surface area contributed by atoms with Gasteiger partial charge in [0.2, 0.25) is 0 Å². The van der Waals surface area contributed by atoms with Gasteiger partial charge in [-0.3, -0.25) is 9.48 Å². The molecule has 0 bridgehead atoms. The molecule has 0 fully saturated rings. The normalized spacial score (nSPS) is 11.3. The molecule has 3 rings (SSSR count). The van der Waals surface area contributed by atoms with E-state index in [1.807, 2.05) is 13.8 Å². The van der Waals surface area contributed by atoms with Gasteiger partial charge in [-0.25, -0.2) is 14.2 Å². The van der Waals surface area contributed by atoms with Crippen LogP contribution in [-0.4, -0.2) is 51.3 Å². The lowest BCUT2D eigenvalue weighted by molar-refractivity contribution is 0.0463. The molecule has 1 aromatic carbocycles. The molecule has 0 amide bonds. The summed E-state index contributed by atoms with van der Waals surface area (Å²) >= 11 is 0. The average molecular weight is 372 g/mol. The Hall–Kier alpha value is -3.00. The van der Waals surface area contributed by atoms with Crippen molar-refractivity contribution >= 4 is 11.6 Å². The molecule has 0 radical (unpaired) electrons. The Morgan fingerprint density at radius 2 is 1.89 bits per heavy atom. The number of nitrogens with zero attached hydrogens (tertiary/aromatic N) is 4. The molecule has 0 unspecified atom stereocenters. The number of ether oxygens (including phenoxy) is 1. The van der Waals surface area contributed by atoms with Crippen molar-refractivity contribution in [2.45, 2.75) is 13.8 Å². The van der Waals surface area contributed by atoms with Crippen molar-refractivity contribution in [2.75, 3.05) is 26.2 Å². The third-order valence-corrected chi connectivity index (χ3v) is 4.39. The highest BCUT2D eigenvalue weighted by Crippen LogP contribution is 2.11. The third kappa shape index (κ3) is 3.90. The molecule has 27 heavy (non-hydrogen) atoms. The number of benzene rings is 1. The van der Waals surface area contributed by atoms with Crippen LogP contribution in [0.5, 0.6) is 0 Å². The fraction of sp³-hybridized carbons (Fsp3) is 0.316. The van der Waals surface area contributed by atoms with Crippen LogP contribution in [0, 0.1) is 5.82 Å². The smallest absolute Gasteiger partial charge is 0.345 e. The van der Waals surface area contributed by atoms with Crippen LogP contribution in [0.1, 0.15) is 24.2 Å². The highest BCUT2D eigenvalue weighted by molar-refractivity contribution is 5.88. The van der Waals surface area contributed by atoms with Crippen molar-refractivity contribution in [3.05, 3.63) is 64.5 Å². The molecule has 2 heterocycles. The first-order valence-electron chi connectivity index (χ1n) is 8.80. The lowest BCUT2D eigenvalue weighted by Crippen LogP contribution is -2.30.